The lowest BCUT2D eigenvalue weighted by Gasteiger charge is -2.31. The van der Waals surface area contributed by atoms with Gasteiger partial charge in [0.25, 0.3) is 0 Å². The van der Waals surface area contributed by atoms with E-state index in [4.69, 9.17) is 4.74 Å². The maximum Gasteiger partial charge on any atom is 0.0775 e. The summed E-state index contributed by atoms with van der Waals surface area (Å²) in [5.74, 6) is 0. The first-order valence-electron chi connectivity index (χ1n) is 5.58. The molecule has 0 aromatic carbocycles. The van der Waals surface area contributed by atoms with E-state index in [1.54, 1.807) is 0 Å². The summed E-state index contributed by atoms with van der Waals surface area (Å²) in [5, 5.41) is 0. The molecule has 0 aromatic rings. The number of alkyl halides is 1. The van der Waals surface area contributed by atoms with Crippen LogP contribution in [0, 0.1) is 0 Å². The van der Waals surface area contributed by atoms with Gasteiger partial charge in [0.1, 0.15) is 0 Å². The van der Waals surface area contributed by atoms with Gasteiger partial charge < -0.3 is 4.74 Å². The fourth-order valence-electron chi connectivity index (χ4n) is 2.20. The van der Waals surface area contributed by atoms with Gasteiger partial charge in [0.15, 0.2) is 0 Å². The molecule has 0 atom stereocenters. The highest BCUT2D eigenvalue weighted by atomic mass is 127. The van der Waals surface area contributed by atoms with Crippen molar-refractivity contribution in [3.05, 3.63) is 0 Å². The molecule has 0 spiro atoms. The third-order valence-corrected chi connectivity index (χ3v) is 4.59. The van der Waals surface area contributed by atoms with Gasteiger partial charge in [-0.05, 0) is 25.7 Å². The van der Waals surface area contributed by atoms with Crippen LogP contribution in [-0.2, 0) is 4.74 Å². The third kappa shape index (κ3) is 2.82. The highest BCUT2D eigenvalue weighted by molar-refractivity contribution is 14.1. The Balaban J connectivity index is 1.92. The second-order valence-electron chi connectivity index (χ2n) is 4.55. The van der Waals surface area contributed by atoms with E-state index in [9.17, 15) is 0 Å². The molecule has 2 saturated carbocycles. The number of halogens is 1. The van der Waals surface area contributed by atoms with Crippen molar-refractivity contribution in [3.8, 4) is 0 Å². The predicted molar refractivity (Wildman–Crippen MR) is 63.4 cm³/mol. The molecule has 2 fully saturated rings. The molecule has 0 radical (unpaired) electrons. The molecule has 2 aliphatic carbocycles. The number of hydrogen-bond donors (Lipinski definition) is 0. The van der Waals surface area contributed by atoms with Crippen molar-refractivity contribution in [1.82, 2.24) is 0 Å². The summed E-state index contributed by atoms with van der Waals surface area (Å²) in [7, 11) is 0. The maximum atomic E-state index is 6.21. The van der Waals surface area contributed by atoms with Gasteiger partial charge in [-0.1, -0.05) is 48.3 Å². The van der Waals surface area contributed by atoms with Crippen molar-refractivity contribution in [3.63, 3.8) is 0 Å². The fourth-order valence-corrected chi connectivity index (χ4v) is 3.14. The minimum absolute atomic E-state index is 0.276. The maximum absolute atomic E-state index is 6.21. The smallest absolute Gasteiger partial charge is 0.0775 e. The molecule has 0 N–H and O–H groups in total. The first-order chi connectivity index (χ1) is 6.35. The molecule has 1 nitrogen and oxygen atoms in total. The minimum atomic E-state index is 0.276. The highest BCUT2D eigenvalue weighted by Crippen LogP contribution is 2.38. The van der Waals surface area contributed by atoms with E-state index in [0.29, 0.717) is 6.10 Å². The Labute approximate surface area is 94.8 Å². The van der Waals surface area contributed by atoms with Crippen LogP contribution < -0.4 is 0 Å². The SMILES string of the molecule is ICC1(OC2CC2)CCCCCC1. The van der Waals surface area contributed by atoms with E-state index in [0.717, 1.165) is 0 Å². The Morgan fingerprint density at radius 3 is 2.15 bits per heavy atom. The summed E-state index contributed by atoms with van der Waals surface area (Å²) < 4.78 is 7.41. The molecular formula is C11H19IO. The van der Waals surface area contributed by atoms with E-state index in [-0.39, 0.29) is 5.60 Å². The van der Waals surface area contributed by atoms with E-state index < -0.39 is 0 Å². The van der Waals surface area contributed by atoms with Crippen LogP contribution >= 0.6 is 22.6 Å². The summed E-state index contributed by atoms with van der Waals surface area (Å²) in [6, 6.07) is 0. The van der Waals surface area contributed by atoms with Crippen molar-refractivity contribution in [1.29, 1.82) is 0 Å². The first-order valence-corrected chi connectivity index (χ1v) is 7.11. The molecule has 0 bridgehead atoms. The van der Waals surface area contributed by atoms with Crippen LogP contribution in [0.5, 0.6) is 0 Å². The molecule has 0 amide bonds. The lowest BCUT2D eigenvalue weighted by Crippen LogP contribution is -2.34. The van der Waals surface area contributed by atoms with Crippen LogP contribution in [0.2, 0.25) is 0 Å². The topological polar surface area (TPSA) is 9.23 Å². The van der Waals surface area contributed by atoms with E-state index in [1.807, 2.05) is 0 Å². The fraction of sp³-hybridized carbons (Fsp3) is 1.00. The standard InChI is InChI=1S/C11H19IO/c12-9-11(13-10-5-6-10)7-3-1-2-4-8-11/h10H,1-9H2. The minimum Gasteiger partial charge on any atom is -0.371 e. The predicted octanol–water partition coefficient (Wildman–Crippen LogP) is 3.69. The average Bonchev–Trinajstić information content (AvgIpc) is 2.94. The summed E-state index contributed by atoms with van der Waals surface area (Å²) in [4.78, 5) is 0. The first kappa shape index (κ1) is 10.2. The molecule has 2 rings (SSSR count). The summed E-state index contributed by atoms with van der Waals surface area (Å²) in [6.07, 6.45) is 11.5. The molecular weight excluding hydrogens is 275 g/mol. The highest BCUT2D eigenvalue weighted by Gasteiger charge is 2.37. The van der Waals surface area contributed by atoms with Gasteiger partial charge in [0.2, 0.25) is 0 Å². The molecule has 0 aromatic heterocycles. The van der Waals surface area contributed by atoms with Crippen LogP contribution in [0.3, 0.4) is 0 Å². The summed E-state index contributed by atoms with van der Waals surface area (Å²) >= 11 is 2.51. The molecule has 0 aliphatic heterocycles. The van der Waals surface area contributed by atoms with Crippen LogP contribution in [0.15, 0.2) is 0 Å². The van der Waals surface area contributed by atoms with Gasteiger partial charge >= 0.3 is 0 Å². The number of rotatable bonds is 3. The van der Waals surface area contributed by atoms with Gasteiger partial charge in [-0.25, -0.2) is 0 Å². The zero-order valence-corrected chi connectivity index (χ0v) is 10.4. The van der Waals surface area contributed by atoms with E-state index in [2.05, 4.69) is 22.6 Å². The van der Waals surface area contributed by atoms with Gasteiger partial charge in [0.05, 0.1) is 11.7 Å². The molecule has 2 aliphatic rings. The Hall–Kier alpha value is 0.690. The molecule has 13 heavy (non-hydrogen) atoms. The van der Waals surface area contributed by atoms with Crippen molar-refractivity contribution in [2.24, 2.45) is 0 Å². The lowest BCUT2D eigenvalue weighted by molar-refractivity contribution is -0.0472. The van der Waals surface area contributed by atoms with E-state index >= 15 is 0 Å². The van der Waals surface area contributed by atoms with Crippen molar-refractivity contribution >= 4 is 22.6 Å². The average molecular weight is 294 g/mol. The largest absolute Gasteiger partial charge is 0.371 e. The van der Waals surface area contributed by atoms with Crippen LogP contribution in [-0.4, -0.2) is 16.1 Å². The van der Waals surface area contributed by atoms with Crippen molar-refractivity contribution in [2.45, 2.75) is 63.1 Å². The number of hydrogen-bond acceptors (Lipinski definition) is 1. The second-order valence-corrected chi connectivity index (χ2v) is 5.31. The zero-order chi connectivity index (χ0) is 9.15. The lowest BCUT2D eigenvalue weighted by atomic mass is 9.97. The van der Waals surface area contributed by atoms with Crippen LogP contribution in [0.4, 0.5) is 0 Å². The summed E-state index contributed by atoms with van der Waals surface area (Å²) in [6.45, 7) is 0. The summed E-state index contributed by atoms with van der Waals surface area (Å²) in [5.41, 5.74) is 0.276. The molecule has 0 unspecified atom stereocenters. The van der Waals surface area contributed by atoms with Gasteiger partial charge in [-0.2, -0.15) is 0 Å². The monoisotopic (exact) mass is 294 g/mol. The molecule has 76 valence electrons. The zero-order valence-electron chi connectivity index (χ0n) is 8.23. The quantitative estimate of drug-likeness (QED) is 0.438. The third-order valence-electron chi connectivity index (χ3n) is 3.20. The van der Waals surface area contributed by atoms with Gasteiger partial charge in [-0.15, -0.1) is 0 Å². The molecule has 0 saturated heterocycles. The van der Waals surface area contributed by atoms with Crippen LogP contribution in [0.1, 0.15) is 51.4 Å². The molecule has 0 heterocycles. The number of ether oxygens (including phenoxy) is 1. The Morgan fingerprint density at radius 2 is 1.69 bits per heavy atom. The van der Waals surface area contributed by atoms with Crippen molar-refractivity contribution in [2.75, 3.05) is 4.43 Å². The normalized spacial score (nSPS) is 28.4. The van der Waals surface area contributed by atoms with E-state index in [1.165, 1.54) is 55.8 Å². The van der Waals surface area contributed by atoms with Crippen LogP contribution in [0.25, 0.3) is 0 Å². The Morgan fingerprint density at radius 1 is 1.08 bits per heavy atom. The van der Waals surface area contributed by atoms with Crippen molar-refractivity contribution < 1.29 is 4.74 Å². The van der Waals surface area contributed by atoms with Gasteiger partial charge in [-0.3, -0.25) is 0 Å². The van der Waals surface area contributed by atoms with Gasteiger partial charge in [0, 0.05) is 4.43 Å². The second kappa shape index (κ2) is 4.47. The Kier molecular flexibility index (Phi) is 3.52. The Bertz CT molecular complexity index is 157. The molecule has 2 heteroatoms.